The van der Waals surface area contributed by atoms with Gasteiger partial charge in [-0.25, -0.2) is 0 Å². The number of nitrogens with zero attached hydrogens (tertiary/aromatic N) is 2. The summed E-state index contributed by atoms with van der Waals surface area (Å²) >= 11 is 0. The van der Waals surface area contributed by atoms with Crippen LogP contribution < -0.4 is 0 Å². The second kappa shape index (κ2) is 8.16. The van der Waals surface area contributed by atoms with Crippen molar-refractivity contribution in [2.24, 2.45) is 0 Å². The van der Waals surface area contributed by atoms with Crippen LogP contribution in [-0.4, -0.2) is 16.2 Å². The van der Waals surface area contributed by atoms with Crippen LogP contribution in [0.4, 0.5) is 0 Å². The number of aromatic nitrogens is 2. The summed E-state index contributed by atoms with van der Waals surface area (Å²) in [6.07, 6.45) is 0.955. The van der Waals surface area contributed by atoms with Crippen molar-refractivity contribution in [1.29, 1.82) is 0 Å². The summed E-state index contributed by atoms with van der Waals surface area (Å²) in [4.78, 5) is 12.0. The van der Waals surface area contributed by atoms with E-state index in [1.807, 2.05) is 30.3 Å². The fourth-order valence-electron chi connectivity index (χ4n) is 2.64. The maximum Gasteiger partial charge on any atom is 0.306 e. The Morgan fingerprint density at radius 3 is 2.37 bits per heavy atom. The average molecular weight is 364 g/mol. The summed E-state index contributed by atoms with van der Waals surface area (Å²) in [7, 11) is 0. The lowest BCUT2D eigenvalue weighted by Gasteiger charge is -2.19. The zero-order valence-electron chi connectivity index (χ0n) is 15.9. The van der Waals surface area contributed by atoms with E-state index in [9.17, 15) is 4.79 Å². The maximum atomic E-state index is 12.0. The van der Waals surface area contributed by atoms with Gasteiger partial charge in [0.2, 0.25) is 5.89 Å². The Bertz CT molecular complexity index is 878. The van der Waals surface area contributed by atoms with Crippen LogP contribution in [0.15, 0.2) is 59.0 Å². The molecule has 0 N–H and O–H groups in total. The molecule has 140 valence electrons. The molecule has 0 bridgehead atoms. The molecular formula is C22H24N2O3. The first-order valence-corrected chi connectivity index (χ1v) is 9.05. The summed E-state index contributed by atoms with van der Waals surface area (Å²) in [5.41, 5.74) is 3.35. The number of aryl methyl sites for hydroxylation is 1. The van der Waals surface area contributed by atoms with Gasteiger partial charge < -0.3 is 9.15 Å². The Kier molecular flexibility index (Phi) is 5.69. The molecule has 0 saturated heterocycles. The molecule has 0 aliphatic carbocycles. The second-order valence-electron chi connectivity index (χ2n) is 7.47. The maximum absolute atomic E-state index is 12.0. The van der Waals surface area contributed by atoms with E-state index in [-0.39, 0.29) is 23.9 Å². The molecule has 1 heterocycles. The van der Waals surface area contributed by atoms with Crippen LogP contribution in [0.5, 0.6) is 0 Å². The lowest BCUT2D eigenvalue weighted by Crippen LogP contribution is -2.11. The van der Waals surface area contributed by atoms with Crippen LogP contribution in [0.25, 0.3) is 11.5 Å². The van der Waals surface area contributed by atoms with E-state index >= 15 is 0 Å². The van der Waals surface area contributed by atoms with E-state index in [0.29, 0.717) is 18.7 Å². The highest BCUT2D eigenvalue weighted by molar-refractivity contribution is 5.69. The van der Waals surface area contributed by atoms with Crippen molar-refractivity contribution < 1.29 is 13.9 Å². The molecule has 0 fully saturated rings. The molecule has 3 rings (SSSR count). The van der Waals surface area contributed by atoms with Crippen LogP contribution >= 0.6 is 0 Å². The van der Waals surface area contributed by atoms with Gasteiger partial charge in [0, 0.05) is 12.0 Å². The van der Waals surface area contributed by atoms with E-state index in [0.717, 1.165) is 11.1 Å². The van der Waals surface area contributed by atoms with Gasteiger partial charge in [0.15, 0.2) is 6.61 Å². The van der Waals surface area contributed by atoms with E-state index in [1.54, 1.807) is 0 Å². The van der Waals surface area contributed by atoms with Gasteiger partial charge in [-0.15, -0.1) is 10.2 Å². The van der Waals surface area contributed by atoms with Crippen molar-refractivity contribution in [1.82, 2.24) is 10.2 Å². The molecule has 1 aromatic heterocycles. The molecule has 0 atom stereocenters. The first-order valence-electron chi connectivity index (χ1n) is 9.05. The summed E-state index contributed by atoms with van der Waals surface area (Å²) in [6.45, 7) is 6.53. The molecule has 0 unspecified atom stereocenters. The molecule has 0 aliphatic rings. The molecule has 0 aliphatic heterocycles. The monoisotopic (exact) mass is 364 g/mol. The van der Waals surface area contributed by atoms with Gasteiger partial charge in [-0.2, -0.15) is 0 Å². The minimum Gasteiger partial charge on any atom is -0.456 e. The zero-order chi connectivity index (χ0) is 19.3. The quantitative estimate of drug-likeness (QED) is 0.593. The predicted octanol–water partition coefficient (Wildman–Crippen LogP) is 4.71. The first kappa shape index (κ1) is 18.8. The summed E-state index contributed by atoms with van der Waals surface area (Å²) in [6, 6.07) is 17.8. The fourth-order valence-corrected chi connectivity index (χ4v) is 2.64. The van der Waals surface area contributed by atoms with Crippen molar-refractivity contribution in [3.8, 4) is 11.5 Å². The molecule has 0 saturated carbocycles. The third-order valence-electron chi connectivity index (χ3n) is 4.28. The SMILES string of the molecule is CC(C)(C)c1ccc(CCC(=O)OCc2nnc(-c3ccccc3)o2)cc1. The number of esters is 1. The topological polar surface area (TPSA) is 65.2 Å². The third kappa shape index (κ3) is 5.26. The average Bonchev–Trinajstić information content (AvgIpc) is 3.14. The van der Waals surface area contributed by atoms with Gasteiger partial charge in [0.05, 0.1) is 0 Å². The molecule has 5 nitrogen and oxygen atoms in total. The largest absolute Gasteiger partial charge is 0.456 e. The Labute approximate surface area is 159 Å². The standard InChI is InChI=1S/C22H24N2O3/c1-22(2,3)18-12-9-16(10-13-18)11-14-20(25)26-15-19-23-24-21(27-19)17-7-5-4-6-8-17/h4-10,12-13H,11,14-15H2,1-3H3. The van der Waals surface area contributed by atoms with E-state index in [1.165, 1.54) is 5.56 Å². The molecule has 3 aromatic rings. The van der Waals surface area contributed by atoms with Crippen LogP contribution in [0, 0.1) is 0 Å². The number of hydrogen-bond acceptors (Lipinski definition) is 5. The predicted molar refractivity (Wildman–Crippen MR) is 103 cm³/mol. The number of carbonyl (C=O) groups is 1. The third-order valence-corrected chi connectivity index (χ3v) is 4.28. The minimum atomic E-state index is -0.283. The zero-order valence-corrected chi connectivity index (χ0v) is 15.9. The Balaban J connectivity index is 1.47. The Hall–Kier alpha value is -2.95. The molecule has 5 heteroatoms. The lowest BCUT2D eigenvalue weighted by molar-refractivity contribution is -0.145. The highest BCUT2D eigenvalue weighted by atomic mass is 16.5. The fraction of sp³-hybridized carbons (Fsp3) is 0.318. The van der Waals surface area contributed by atoms with E-state index in [4.69, 9.17) is 9.15 Å². The first-order chi connectivity index (χ1) is 12.9. The lowest BCUT2D eigenvalue weighted by atomic mass is 9.86. The smallest absolute Gasteiger partial charge is 0.306 e. The van der Waals surface area contributed by atoms with E-state index < -0.39 is 0 Å². The Morgan fingerprint density at radius 1 is 1.00 bits per heavy atom. The molecule has 0 amide bonds. The molecule has 0 radical (unpaired) electrons. The van der Waals surface area contributed by atoms with Crippen molar-refractivity contribution >= 4 is 5.97 Å². The second-order valence-corrected chi connectivity index (χ2v) is 7.47. The minimum absolute atomic E-state index is 0.0123. The van der Waals surface area contributed by atoms with Gasteiger partial charge in [0.1, 0.15) is 0 Å². The van der Waals surface area contributed by atoms with Gasteiger partial charge in [0.25, 0.3) is 5.89 Å². The van der Waals surface area contributed by atoms with E-state index in [2.05, 4.69) is 55.2 Å². The summed E-state index contributed by atoms with van der Waals surface area (Å²) in [5.74, 6) is 0.423. The van der Waals surface area contributed by atoms with Crippen LogP contribution in [-0.2, 0) is 28.0 Å². The van der Waals surface area contributed by atoms with Crippen LogP contribution in [0.1, 0.15) is 44.2 Å². The molecule has 27 heavy (non-hydrogen) atoms. The number of ether oxygens (including phenoxy) is 1. The van der Waals surface area contributed by atoms with Crippen molar-refractivity contribution in [3.63, 3.8) is 0 Å². The van der Waals surface area contributed by atoms with Gasteiger partial charge >= 0.3 is 5.97 Å². The van der Waals surface area contributed by atoms with Gasteiger partial charge in [-0.1, -0.05) is 63.2 Å². The number of carbonyl (C=O) groups excluding carboxylic acids is 1. The van der Waals surface area contributed by atoms with Gasteiger partial charge in [-0.3, -0.25) is 4.79 Å². The summed E-state index contributed by atoms with van der Waals surface area (Å²) < 4.78 is 10.8. The van der Waals surface area contributed by atoms with Crippen molar-refractivity contribution in [3.05, 3.63) is 71.6 Å². The Morgan fingerprint density at radius 2 is 1.70 bits per heavy atom. The van der Waals surface area contributed by atoms with Crippen LogP contribution in [0.2, 0.25) is 0 Å². The molecule has 0 spiro atoms. The summed E-state index contributed by atoms with van der Waals surface area (Å²) in [5, 5.41) is 7.90. The van der Waals surface area contributed by atoms with Crippen molar-refractivity contribution in [2.75, 3.05) is 0 Å². The van der Waals surface area contributed by atoms with Gasteiger partial charge in [-0.05, 0) is 35.1 Å². The van der Waals surface area contributed by atoms with Crippen LogP contribution in [0.3, 0.4) is 0 Å². The number of hydrogen-bond donors (Lipinski definition) is 0. The number of benzene rings is 2. The number of rotatable bonds is 6. The normalized spacial score (nSPS) is 11.4. The molecule has 2 aromatic carbocycles. The molecular weight excluding hydrogens is 340 g/mol. The highest BCUT2D eigenvalue weighted by Crippen LogP contribution is 2.22. The highest BCUT2D eigenvalue weighted by Gasteiger charge is 2.14. The van der Waals surface area contributed by atoms with Crippen molar-refractivity contribution in [2.45, 2.75) is 45.6 Å².